The molecule has 2 heterocycles. The maximum absolute atomic E-state index is 12.7. The molecule has 2 aromatic carbocycles. The standard InChI is InChI=1S/C31H36BrClN2O10/c1-16(30(38)39)8-24(36)34-12-18-10-22(42-3)23(11-19(18)13-34)44-6-5-7-45-28-26(32)20-14-35(25(37)9-17(2)31(40)41)15-21(20)27(33)29(28)43-4/h10-11,16-17H,5-9,12-15H2,1-4H3,(H,38,39)(H,40,41)/t16-,17-/m0/s1. The first kappa shape index (κ1) is 34.2. The van der Waals surface area contributed by atoms with Crippen LogP contribution in [0.5, 0.6) is 23.0 Å². The van der Waals surface area contributed by atoms with Crippen LogP contribution in [0, 0.1) is 11.8 Å². The zero-order valence-corrected chi connectivity index (χ0v) is 27.8. The van der Waals surface area contributed by atoms with E-state index in [9.17, 15) is 24.3 Å². The van der Waals surface area contributed by atoms with Gasteiger partial charge >= 0.3 is 11.9 Å². The van der Waals surface area contributed by atoms with E-state index in [0.717, 1.165) is 16.7 Å². The van der Waals surface area contributed by atoms with E-state index < -0.39 is 23.8 Å². The van der Waals surface area contributed by atoms with Crippen LogP contribution in [0.1, 0.15) is 55.4 Å². The smallest absolute Gasteiger partial charge is 0.306 e. The molecule has 2 aliphatic rings. The van der Waals surface area contributed by atoms with Crippen LogP contribution in [0.15, 0.2) is 16.6 Å². The van der Waals surface area contributed by atoms with Crippen LogP contribution in [0.25, 0.3) is 0 Å². The van der Waals surface area contributed by atoms with E-state index in [1.807, 2.05) is 12.1 Å². The van der Waals surface area contributed by atoms with Crippen LogP contribution >= 0.6 is 27.5 Å². The number of benzene rings is 2. The second-order valence-electron chi connectivity index (χ2n) is 11.2. The van der Waals surface area contributed by atoms with Crippen LogP contribution < -0.4 is 18.9 Å². The molecule has 2 amide bonds. The highest BCUT2D eigenvalue weighted by Crippen LogP contribution is 2.49. The van der Waals surface area contributed by atoms with Gasteiger partial charge in [-0.25, -0.2) is 0 Å². The van der Waals surface area contributed by atoms with Gasteiger partial charge in [-0.15, -0.1) is 0 Å². The van der Waals surface area contributed by atoms with Gasteiger partial charge in [-0.3, -0.25) is 19.2 Å². The van der Waals surface area contributed by atoms with Gasteiger partial charge in [0.2, 0.25) is 11.8 Å². The monoisotopic (exact) mass is 710 g/mol. The molecular weight excluding hydrogens is 676 g/mol. The van der Waals surface area contributed by atoms with Crippen LogP contribution in [0.2, 0.25) is 5.02 Å². The number of halogens is 2. The van der Waals surface area contributed by atoms with Crippen molar-refractivity contribution in [3.8, 4) is 23.0 Å². The number of rotatable bonds is 14. The fourth-order valence-corrected chi connectivity index (χ4v) is 6.22. The normalized spacial score (nSPS) is 14.8. The lowest BCUT2D eigenvalue weighted by Gasteiger charge is -2.17. The van der Waals surface area contributed by atoms with E-state index in [4.69, 9.17) is 35.7 Å². The first-order valence-corrected chi connectivity index (χ1v) is 15.6. The highest BCUT2D eigenvalue weighted by molar-refractivity contribution is 9.10. The van der Waals surface area contributed by atoms with E-state index >= 15 is 0 Å². The van der Waals surface area contributed by atoms with Gasteiger partial charge in [0.05, 0.1) is 48.8 Å². The van der Waals surface area contributed by atoms with Crippen molar-refractivity contribution in [2.45, 2.75) is 59.3 Å². The predicted molar refractivity (Wildman–Crippen MR) is 166 cm³/mol. The van der Waals surface area contributed by atoms with Gasteiger partial charge in [0.15, 0.2) is 23.0 Å². The summed E-state index contributed by atoms with van der Waals surface area (Å²) >= 11 is 10.3. The third-order valence-corrected chi connectivity index (χ3v) is 9.15. The molecule has 0 fully saturated rings. The van der Waals surface area contributed by atoms with E-state index in [2.05, 4.69) is 15.9 Å². The van der Waals surface area contributed by atoms with Crippen molar-refractivity contribution >= 4 is 51.3 Å². The molecule has 0 saturated carbocycles. The SMILES string of the molecule is COc1cc2c(cc1OCCCOc1c(Br)c3c(c(Cl)c1OC)CN(C(=O)C[C@H](C)C(=O)O)C3)CN(C(=O)C[C@H](C)C(=O)O)C2. The molecular formula is C31H36BrClN2O10. The Kier molecular flexibility index (Phi) is 11.1. The molecule has 0 aliphatic carbocycles. The maximum atomic E-state index is 12.7. The Morgan fingerprint density at radius 1 is 0.800 bits per heavy atom. The Labute approximate surface area is 274 Å². The van der Waals surface area contributed by atoms with Crippen LogP contribution in [0.4, 0.5) is 0 Å². The molecule has 0 radical (unpaired) electrons. The Morgan fingerprint density at radius 3 is 1.84 bits per heavy atom. The molecule has 12 nitrogen and oxygen atoms in total. The lowest BCUT2D eigenvalue weighted by atomic mass is 10.1. The van der Waals surface area contributed by atoms with Gasteiger partial charge in [-0.1, -0.05) is 25.4 Å². The van der Waals surface area contributed by atoms with Crippen molar-refractivity contribution in [1.82, 2.24) is 9.80 Å². The molecule has 244 valence electrons. The number of ether oxygens (including phenoxy) is 4. The Hall–Kier alpha value is -3.71. The molecule has 0 aromatic heterocycles. The molecule has 2 aliphatic heterocycles. The van der Waals surface area contributed by atoms with Crippen molar-refractivity contribution in [2.75, 3.05) is 27.4 Å². The van der Waals surface area contributed by atoms with E-state index in [1.165, 1.54) is 28.1 Å². The summed E-state index contributed by atoms with van der Waals surface area (Å²) in [7, 11) is 3.01. The number of methoxy groups -OCH3 is 2. The molecule has 45 heavy (non-hydrogen) atoms. The van der Waals surface area contributed by atoms with Gasteiger partial charge in [-0.05, 0) is 44.8 Å². The summed E-state index contributed by atoms with van der Waals surface area (Å²) in [6, 6.07) is 3.67. The lowest BCUT2D eigenvalue weighted by molar-refractivity contribution is -0.145. The highest BCUT2D eigenvalue weighted by Gasteiger charge is 2.33. The number of hydrogen-bond donors (Lipinski definition) is 2. The lowest BCUT2D eigenvalue weighted by Crippen LogP contribution is -2.28. The number of carbonyl (C=O) groups excluding carboxylic acids is 2. The minimum Gasteiger partial charge on any atom is -0.493 e. The van der Waals surface area contributed by atoms with Gasteiger partial charge in [0.1, 0.15) is 0 Å². The molecule has 2 N–H and O–H groups in total. The van der Waals surface area contributed by atoms with Gasteiger partial charge in [-0.2, -0.15) is 0 Å². The van der Waals surface area contributed by atoms with Gasteiger partial charge < -0.3 is 39.0 Å². The quantitative estimate of drug-likeness (QED) is 0.260. The summed E-state index contributed by atoms with van der Waals surface area (Å²) in [5.41, 5.74) is 3.31. The fourth-order valence-electron chi connectivity index (χ4n) is 5.22. The van der Waals surface area contributed by atoms with Crippen LogP contribution in [-0.2, 0) is 45.4 Å². The molecule has 14 heteroatoms. The van der Waals surface area contributed by atoms with E-state index in [0.29, 0.717) is 57.6 Å². The van der Waals surface area contributed by atoms with Gasteiger partial charge in [0, 0.05) is 51.0 Å². The average molecular weight is 712 g/mol. The number of aliphatic carboxylic acids is 2. The van der Waals surface area contributed by atoms with Crippen molar-refractivity contribution in [3.63, 3.8) is 0 Å². The average Bonchev–Trinajstić information content (AvgIpc) is 3.64. The third kappa shape index (κ3) is 7.58. The maximum Gasteiger partial charge on any atom is 0.306 e. The van der Waals surface area contributed by atoms with Gasteiger partial charge in [0.25, 0.3) is 0 Å². The van der Waals surface area contributed by atoms with E-state index in [-0.39, 0.29) is 51.0 Å². The first-order valence-electron chi connectivity index (χ1n) is 14.4. The highest BCUT2D eigenvalue weighted by atomic mass is 79.9. The summed E-state index contributed by atoms with van der Waals surface area (Å²) in [5, 5.41) is 18.6. The summed E-state index contributed by atoms with van der Waals surface area (Å²) < 4.78 is 23.8. The number of carboxylic acid groups (broad SMARTS) is 2. The molecule has 2 aromatic rings. The zero-order valence-electron chi connectivity index (χ0n) is 25.5. The molecule has 0 saturated heterocycles. The predicted octanol–water partition coefficient (Wildman–Crippen LogP) is 4.87. The Bertz CT molecular complexity index is 1500. The van der Waals surface area contributed by atoms with Crippen LogP contribution in [0.3, 0.4) is 0 Å². The molecule has 2 atom stereocenters. The molecule has 0 unspecified atom stereocenters. The largest absolute Gasteiger partial charge is 0.493 e. The summed E-state index contributed by atoms with van der Waals surface area (Å²) in [5.74, 6) is -2.33. The molecule has 0 spiro atoms. The Morgan fingerprint density at radius 2 is 1.31 bits per heavy atom. The minimum atomic E-state index is -1.03. The topological polar surface area (TPSA) is 152 Å². The second-order valence-corrected chi connectivity index (χ2v) is 12.3. The number of amides is 2. The Balaban J connectivity index is 1.36. The van der Waals surface area contributed by atoms with Crippen molar-refractivity contribution in [3.05, 3.63) is 43.9 Å². The second kappa shape index (κ2) is 14.6. The zero-order chi connectivity index (χ0) is 33.0. The third-order valence-electron chi connectivity index (χ3n) is 7.91. The number of hydrogen-bond acceptors (Lipinski definition) is 8. The number of carbonyl (C=O) groups is 4. The van der Waals surface area contributed by atoms with Crippen molar-refractivity contribution in [1.29, 1.82) is 0 Å². The molecule has 4 rings (SSSR count). The fraction of sp³-hybridized carbons (Fsp3) is 0.484. The first-order chi connectivity index (χ1) is 21.4. The number of fused-ring (bicyclic) bond motifs is 2. The van der Waals surface area contributed by atoms with E-state index in [1.54, 1.807) is 9.80 Å². The van der Waals surface area contributed by atoms with Crippen LogP contribution in [-0.4, -0.2) is 71.2 Å². The van der Waals surface area contributed by atoms with Crippen molar-refractivity contribution < 1.29 is 48.3 Å². The summed E-state index contributed by atoms with van der Waals surface area (Å²) in [6.07, 6.45) is 0.305. The summed E-state index contributed by atoms with van der Waals surface area (Å²) in [4.78, 5) is 50.9. The number of nitrogens with zero attached hydrogens (tertiary/aromatic N) is 2. The molecule has 0 bridgehead atoms. The minimum absolute atomic E-state index is 0.0669. The van der Waals surface area contributed by atoms with Crippen molar-refractivity contribution in [2.24, 2.45) is 11.8 Å². The summed E-state index contributed by atoms with van der Waals surface area (Å²) in [6.45, 7) is 4.77. The number of carboxylic acids is 2.